The molecule has 0 aromatic carbocycles. The number of aryl methyl sites for hydroxylation is 2. The first-order valence-corrected chi connectivity index (χ1v) is 7.02. The Balaban J connectivity index is 2.26. The van der Waals surface area contributed by atoms with Crippen molar-refractivity contribution >= 4 is 25.5 Å². The lowest BCUT2D eigenvalue weighted by molar-refractivity contribution is 0.608. The van der Waals surface area contributed by atoms with Crippen molar-refractivity contribution in [1.82, 2.24) is 19.6 Å². The number of nitrogens with zero attached hydrogens (tertiary/aromatic N) is 4. The van der Waals surface area contributed by atoms with Crippen molar-refractivity contribution < 1.29 is 8.42 Å². The maximum Gasteiger partial charge on any atom is 0.252 e. The summed E-state index contributed by atoms with van der Waals surface area (Å²) in [7, 11) is 1.60. The number of rotatable bonds is 3. The van der Waals surface area contributed by atoms with Gasteiger partial charge in [-0.3, -0.25) is 0 Å². The van der Waals surface area contributed by atoms with E-state index in [2.05, 4.69) is 15.1 Å². The molecule has 0 radical (unpaired) electrons. The van der Waals surface area contributed by atoms with Crippen LogP contribution in [0.3, 0.4) is 0 Å². The molecule has 6 nitrogen and oxygen atoms in total. The molecule has 86 valence electrons. The normalized spacial score (nSPS) is 12.1. The molecule has 0 bridgehead atoms. The van der Waals surface area contributed by atoms with Gasteiger partial charge in [0, 0.05) is 29.5 Å². The first-order valence-electron chi connectivity index (χ1n) is 4.54. The monoisotopic (exact) mass is 260 g/mol. The Morgan fingerprint density at radius 3 is 2.94 bits per heavy atom. The third-order valence-electron chi connectivity index (χ3n) is 1.94. The van der Waals surface area contributed by atoms with Crippen LogP contribution in [0.1, 0.15) is 11.4 Å². The molecule has 2 heterocycles. The molecule has 0 aliphatic heterocycles. The molecule has 8 heteroatoms. The fraction of sp³-hybridized carbons (Fsp3) is 0.375. The van der Waals surface area contributed by atoms with Gasteiger partial charge in [0.05, 0.1) is 5.75 Å². The molecule has 2 aromatic rings. The van der Waals surface area contributed by atoms with Crippen LogP contribution in [0.5, 0.6) is 0 Å². The van der Waals surface area contributed by atoms with Gasteiger partial charge < -0.3 is 0 Å². The Labute approximate surface area is 96.7 Å². The van der Waals surface area contributed by atoms with Crippen molar-refractivity contribution in [2.24, 2.45) is 0 Å². The fourth-order valence-corrected chi connectivity index (χ4v) is 1.90. The molecule has 0 aliphatic rings. The first-order chi connectivity index (χ1) is 7.44. The van der Waals surface area contributed by atoms with Crippen LogP contribution in [0, 0.1) is 6.92 Å². The third-order valence-corrected chi connectivity index (χ3v) is 3.09. The van der Waals surface area contributed by atoms with Crippen LogP contribution in [0.2, 0.25) is 0 Å². The second kappa shape index (κ2) is 3.99. The average molecular weight is 261 g/mol. The molecule has 0 saturated carbocycles. The van der Waals surface area contributed by atoms with E-state index in [1.807, 2.05) is 6.92 Å². The van der Waals surface area contributed by atoms with E-state index in [9.17, 15) is 8.42 Å². The highest BCUT2D eigenvalue weighted by Crippen LogP contribution is 2.04. The molecule has 16 heavy (non-hydrogen) atoms. The summed E-state index contributed by atoms with van der Waals surface area (Å²) in [6.07, 6.45) is 3.63. The highest BCUT2D eigenvalue weighted by Gasteiger charge is 2.10. The highest BCUT2D eigenvalue weighted by molar-refractivity contribution is 8.13. The first kappa shape index (κ1) is 11.3. The highest BCUT2D eigenvalue weighted by atomic mass is 35.7. The topological polar surface area (TPSA) is 77.2 Å². The number of halogens is 1. The summed E-state index contributed by atoms with van der Waals surface area (Å²) in [4.78, 5) is 8.13. The van der Waals surface area contributed by atoms with Gasteiger partial charge in [-0.1, -0.05) is 0 Å². The van der Waals surface area contributed by atoms with E-state index < -0.39 is 9.05 Å². The summed E-state index contributed by atoms with van der Waals surface area (Å²) in [6, 6.07) is 0. The molecule has 2 aromatic heterocycles. The number of aromatic nitrogens is 4. The Morgan fingerprint density at radius 1 is 1.50 bits per heavy atom. The summed E-state index contributed by atoms with van der Waals surface area (Å²) >= 11 is 0. The molecule has 2 rings (SSSR count). The molecule has 0 saturated heterocycles. The van der Waals surface area contributed by atoms with E-state index in [1.54, 1.807) is 12.4 Å². The quantitative estimate of drug-likeness (QED) is 0.753. The molecule has 0 amide bonds. The average Bonchev–Trinajstić information content (AvgIpc) is 2.55. The SMILES string of the molecule is Cc1cnc2nc(CCS(=O)(=O)Cl)nn2c1. The van der Waals surface area contributed by atoms with E-state index in [-0.39, 0.29) is 12.2 Å². The number of fused-ring (bicyclic) bond motifs is 1. The van der Waals surface area contributed by atoms with Crippen molar-refractivity contribution in [3.05, 3.63) is 23.8 Å². The Morgan fingerprint density at radius 2 is 2.25 bits per heavy atom. The lowest BCUT2D eigenvalue weighted by atomic mass is 10.4. The fourth-order valence-electron chi connectivity index (χ4n) is 1.24. The van der Waals surface area contributed by atoms with E-state index in [0.717, 1.165) is 5.56 Å². The molecular formula is C8H9ClN4O2S. The summed E-state index contributed by atoms with van der Waals surface area (Å²) in [5.74, 6) is 0.694. The molecule has 0 spiro atoms. The molecule has 0 unspecified atom stereocenters. The van der Waals surface area contributed by atoms with Gasteiger partial charge in [-0.25, -0.2) is 17.9 Å². The molecular weight excluding hydrogens is 252 g/mol. The van der Waals surface area contributed by atoms with Crippen LogP contribution < -0.4 is 0 Å². The predicted octanol–water partition coefficient (Wildman–Crippen LogP) is 0.544. The Hall–Kier alpha value is -1.21. The van der Waals surface area contributed by atoms with Crippen molar-refractivity contribution in [1.29, 1.82) is 0 Å². The van der Waals surface area contributed by atoms with Gasteiger partial charge in [0.25, 0.3) is 5.78 Å². The zero-order valence-corrected chi connectivity index (χ0v) is 10.0. The van der Waals surface area contributed by atoms with Gasteiger partial charge in [0.1, 0.15) is 0 Å². The maximum absolute atomic E-state index is 10.8. The number of hydrogen-bond acceptors (Lipinski definition) is 5. The van der Waals surface area contributed by atoms with Crippen LogP contribution in [-0.2, 0) is 15.5 Å². The summed E-state index contributed by atoms with van der Waals surface area (Å²) < 4.78 is 23.0. The minimum absolute atomic E-state index is 0.176. The van der Waals surface area contributed by atoms with Crippen LogP contribution in [-0.4, -0.2) is 33.8 Å². The maximum atomic E-state index is 10.8. The standard InChI is InChI=1S/C8H9ClN4O2S/c1-6-4-10-8-11-7(12-13(8)5-6)2-3-16(9,14)15/h4-5H,2-3H2,1H3. The van der Waals surface area contributed by atoms with Gasteiger partial charge in [0.15, 0.2) is 5.82 Å². The minimum atomic E-state index is -3.51. The molecule has 0 N–H and O–H groups in total. The van der Waals surface area contributed by atoms with Crippen LogP contribution in [0.4, 0.5) is 0 Å². The number of hydrogen-bond donors (Lipinski definition) is 0. The summed E-state index contributed by atoms with van der Waals surface area (Å²) in [5.41, 5.74) is 0.953. The second-order valence-electron chi connectivity index (χ2n) is 3.40. The second-order valence-corrected chi connectivity index (χ2v) is 6.29. The summed E-state index contributed by atoms with van der Waals surface area (Å²) in [6.45, 7) is 1.89. The van der Waals surface area contributed by atoms with Crippen molar-refractivity contribution in [3.8, 4) is 0 Å². The zero-order valence-electron chi connectivity index (χ0n) is 8.46. The van der Waals surface area contributed by atoms with Gasteiger partial charge in [-0.05, 0) is 12.5 Å². The lowest BCUT2D eigenvalue weighted by Gasteiger charge is -1.91. The Kier molecular flexibility index (Phi) is 2.81. The van der Waals surface area contributed by atoms with Crippen LogP contribution in [0.15, 0.2) is 12.4 Å². The van der Waals surface area contributed by atoms with Gasteiger partial charge in [0.2, 0.25) is 9.05 Å². The van der Waals surface area contributed by atoms with Crippen molar-refractivity contribution in [2.75, 3.05) is 5.75 Å². The van der Waals surface area contributed by atoms with E-state index >= 15 is 0 Å². The smallest absolute Gasteiger partial charge is 0.219 e. The molecule has 0 aliphatic carbocycles. The lowest BCUT2D eigenvalue weighted by Crippen LogP contribution is -2.02. The molecule has 0 atom stereocenters. The van der Waals surface area contributed by atoms with Gasteiger partial charge >= 0.3 is 0 Å². The van der Waals surface area contributed by atoms with Crippen molar-refractivity contribution in [2.45, 2.75) is 13.3 Å². The van der Waals surface area contributed by atoms with E-state index in [1.165, 1.54) is 4.52 Å². The zero-order chi connectivity index (χ0) is 11.8. The van der Waals surface area contributed by atoms with Crippen LogP contribution >= 0.6 is 10.7 Å². The van der Waals surface area contributed by atoms with Crippen LogP contribution in [0.25, 0.3) is 5.78 Å². The van der Waals surface area contributed by atoms with Gasteiger partial charge in [-0.2, -0.15) is 4.98 Å². The Bertz CT molecular complexity index is 622. The summed E-state index contributed by atoms with van der Waals surface area (Å²) in [5, 5.41) is 4.10. The largest absolute Gasteiger partial charge is 0.252 e. The minimum Gasteiger partial charge on any atom is -0.219 e. The van der Waals surface area contributed by atoms with Crippen molar-refractivity contribution in [3.63, 3.8) is 0 Å². The van der Waals surface area contributed by atoms with E-state index in [0.29, 0.717) is 11.6 Å². The third kappa shape index (κ3) is 2.67. The predicted molar refractivity (Wildman–Crippen MR) is 58.9 cm³/mol. The van der Waals surface area contributed by atoms with Gasteiger partial charge in [-0.15, -0.1) is 5.10 Å². The van der Waals surface area contributed by atoms with E-state index in [4.69, 9.17) is 10.7 Å². The molecule has 0 fully saturated rings.